The number of furan rings is 1. The van der Waals surface area contributed by atoms with E-state index in [1.807, 2.05) is 0 Å². The number of hydrogen-bond donors (Lipinski definition) is 1. The number of piperidine rings is 1. The van der Waals surface area contributed by atoms with Crippen molar-refractivity contribution in [3.63, 3.8) is 0 Å². The molecular weight excluding hydrogens is 356 g/mol. The van der Waals surface area contributed by atoms with Crippen LogP contribution in [0.3, 0.4) is 0 Å². The normalized spacial score (nSPS) is 16.4. The second kappa shape index (κ2) is 7.51. The summed E-state index contributed by atoms with van der Waals surface area (Å²) in [6, 6.07) is 9.86. The molecule has 1 aromatic carbocycles. The molecule has 0 aliphatic carbocycles. The van der Waals surface area contributed by atoms with Crippen molar-refractivity contribution < 1.29 is 22.4 Å². The van der Waals surface area contributed by atoms with Gasteiger partial charge in [-0.25, -0.2) is 8.42 Å². The van der Waals surface area contributed by atoms with Crippen LogP contribution in [-0.4, -0.2) is 44.9 Å². The number of carbonyl (C=O) groups is 1. The quantitative estimate of drug-likeness (QED) is 0.861. The molecule has 0 bridgehead atoms. The first kappa shape index (κ1) is 18.5. The number of nitrogens with one attached hydrogen (secondary N) is 1. The number of amides is 1. The first-order valence-electron chi connectivity index (χ1n) is 8.42. The van der Waals surface area contributed by atoms with Crippen LogP contribution in [0.1, 0.15) is 29.2 Å². The summed E-state index contributed by atoms with van der Waals surface area (Å²) in [5, 5.41) is 2.90. The van der Waals surface area contributed by atoms with Gasteiger partial charge in [0.1, 0.15) is 16.4 Å². The molecule has 0 atom stereocenters. The smallest absolute Gasteiger partial charge is 0.287 e. The van der Waals surface area contributed by atoms with Crippen LogP contribution in [0.5, 0.6) is 5.75 Å². The Kier molecular flexibility index (Phi) is 5.33. The number of carbonyl (C=O) groups excluding carboxylic acids is 1. The molecule has 1 aliphatic rings. The number of methoxy groups -OCH3 is 1. The molecule has 2 heterocycles. The van der Waals surface area contributed by atoms with Gasteiger partial charge in [-0.2, -0.15) is 4.31 Å². The van der Waals surface area contributed by atoms with Crippen LogP contribution in [0.25, 0.3) is 0 Å². The van der Waals surface area contributed by atoms with Gasteiger partial charge in [-0.3, -0.25) is 4.79 Å². The van der Waals surface area contributed by atoms with Crippen molar-refractivity contribution in [1.29, 1.82) is 0 Å². The van der Waals surface area contributed by atoms with Crippen molar-refractivity contribution in [2.45, 2.75) is 30.7 Å². The third kappa shape index (κ3) is 3.76. The lowest BCUT2D eigenvalue weighted by atomic mass is 10.1. The van der Waals surface area contributed by atoms with Crippen molar-refractivity contribution in [3.05, 3.63) is 47.9 Å². The van der Waals surface area contributed by atoms with E-state index >= 15 is 0 Å². The van der Waals surface area contributed by atoms with Crippen LogP contribution in [0.15, 0.2) is 45.7 Å². The summed E-state index contributed by atoms with van der Waals surface area (Å²) in [7, 11) is -2.18. The maximum Gasteiger partial charge on any atom is 0.287 e. The fourth-order valence-electron chi connectivity index (χ4n) is 3.02. The molecule has 7 nitrogen and oxygen atoms in total. The van der Waals surface area contributed by atoms with Crippen molar-refractivity contribution >= 4 is 15.9 Å². The number of ether oxygens (including phenoxy) is 1. The Hall–Kier alpha value is -2.32. The predicted octanol–water partition coefficient (Wildman–Crippen LogP) is 2.18. The molecule has 26 heavy (non-hydrogen) atoms. The van der Waals surface area contributed by atoms with E-state index in [0.29, 0.717) is 37.4 Å². The van der Waals surface area contributed by atoms with E-state index in [1.165, 1.54) is 11.4 Å². The van der Waals surface area contributed by atoms with Gasteiger partial charge in [0.25, 0.3) is 5.91 Å². The molecule has 8 heteroatoms. The van der Waals surface area contributed by atoms with Crippen LogP contribution < -0.4 is 10.1 Å². The van der Waals surface area contributed by atoms with Crippen LogP contribution in [0.2, 0.25) is 0 Å². The molecule has 3 rings (SSSR count). The van der Waals surface area contributed by atoms with E-state index in [1.54, 1.807) is 43.3 Å². The Morgan fingerprint density at radius 1 is 1.19 bits per heavy atom. The molecule has 1 fully saturated rings. The van der Waals surface area contributed by atoms with Crippen molar-refractivity contribution in [2.75, 3.05) is 20.2 Å². The molecule has 1 N–H and O–H groups in total. The Morgan fingerprint density at radius 3 is 2.50 bits per heavy atom. The second-order valence-corrected chi connectivity index (χ2v) is 8.12. The Morgan fingerprint density at radius 2 is 1.88 bits per heavy atom. The highest BCUT2D eigenvalue weighted by Gasteiger charge is 2.32. The van der Waals surface area contributed by atoms with E-state index in [2.05, 4.69) is 5.32 Å². The fraction of sp³-hybridized carbons (Fsp3) is 0.389. The number of para-hydroxylation sites is 1. The van der Waals surface area contributed by atoms with Crippen LogP contribution in [0.4, 0.5) is 0 Å². The van der Waals surface area contributed by atoms with Crippen molar-refractivity contribution in [1.82, 2.24) is 9.62 Å². The Balaban J connectivity index is 1.63. The summed E-state index contributed by atoms with van der Waals surface area (Å²) in [5.41, 5.74) is 0. The third-order valence-corrected chi connectivity index (χ3v) is 6.38. The maximum atomic E-state index is 12.9. The highest BCUT2D eigenvalue weighted by molar-refractivity contribution is 7.89. The first-order chi connectivity index (χ1) is 12.4. The summed E-state index contributed by atoms with van der Waals surface area (Å²) in [5.74, 6) is 1.000. The van der Waals surface area contributed by atoms with Gasteiger partial charge < -0.3 is 14.5 Å². The highest BCUT2D eigenvalue weighted by Crippen LogP contribution is 2.28. The zero-order valence-corrected chi connectivity index (χ0v) is 15.6. The van der Waals surface area contributed by atoms with Gasteiger partial charge >= 0.3 is 0 Å². The minimum Gasteiger partial charge on any atom is -0.495 e. The molecule has 140 valence electrons. The minimum absolute atomic E-state index is 0.0861. The first-order valence-corrected chi connectivity index (χ1v) is 9.86. The Labute approximate surface area is 153 Å². The minimum atomic E-state index is -3.63. The van der Waals surface area contributed by atoms with E-state index < -0.39 is 10.0 Å². The molecule has 1 saturated heterocycles. The van der Waals surface area contributed by atoms with Gasteiger partial charge in [-0.15, -0.1) is 0 Å². The molecule has 1 aliphatic heterocycles. The number of sulfonamides is 1. The number of benzene rings is 1. The molecular formula is C18H22N2O5S. The van der Waals surface area contributed by atoms with Gasteiger partial charge in [0.2, 0.25) is 10.0 Å². The highest BCUT2D eigenvalue weighted by atomic mass is 32.2. The molecule has 2 aromatic rings. The van der Waals surface area contributed by atoms with E-state index in [-0.39, 0.29) is 22.6 Å². The summed E-state index contributed by atoms with van der Waals surface area (Å²) >= 11 is 0. The summed E-state index contributed by atoms with van der Waals surface area (Å²) in [6.45, 7) is 2.45. The second-order valence-electron chi connectivity index (χ2n) is 6.21. The summed E-state index contributed by atoms with van der Waals surface area (Å²) in [4.78, 5) is 12.3. The third-order valence-electron chi connectivity index (χ3n) is 4.44. The zero-order chi connectivity index (χ0) is 18.7. The molecule has 0 saturated carbocycles. The van der Waals surface area contributed by atoms with E-state index in [4.69, 9.17) is 9.15 Å². The van der Waals surface area contributed by atoms with Gasteiger partial charge in [0.05, 0.1) is 7.11 Å². The number of nitrogens with zero attached hydrogens (tertiary/aromatic N) is 1. The van der Waals surface area contributed by atoms with Gasteiger partial charge in [0.15, 0.2) is 5.76 Å². The summed E-state index contributed by atoms with van der Waals surface area (Å²) < 4.78 is 37.6. The zero-order valence-electron chi connectivity index (χ0n) is 14.8. The van der Waals surface area contributed by atoms with Crippen molar-refractivity contribution in [3.8, 4) is 5.75 Å². The lowest BCUT2D eigenvalue weighted by Gasteiger charge is -2.31. The van der Waals surface area contributed by atoms with E-state index in [0.717, 1.165) is 0 Å². The van der Waals surface area contributed by atoms with E-state index in [9.17, 15) is 13.2 Å². The molecule has 1 amide bonds. The monoisotopic (exact) mass is 378 g/mol. The summed E-state index contributed by atoms with van der Waals surface area (Å²) in [6.07, 6.45) is 1.08. The SMILES string of the molecule is COc1ccccc1S(=O)(=O)N1CCC(NC(=O)c2ccc(C)o2)CC1. The van der Waals surface area contributed by atoms with Gasteiger partial charge in [0, 0.05) is 19.1 Å². The number of hydrogen-bond acceptors (Lipinski definition) is 5. The fourth-order valence-corrected chi connectivity index (χ4v) is 4.65. The number of rotatable bonds is 5. The molecule has 0 unspecified atom stereocenters. The van der Waals surface area contributed by atoms with Gasteiger partial charge in [-0.1, -0.05) is 12.1 Å². The van der Waals surface area contributed by atoms with Crippen molar-refractivity contribution in [2.24, 2.45) is 0 Å². The molecule has 0 radical (unpaired) electrons. The van der Waals surface area contributed by atoms with Crippen LogP contribution in [0, 0.1) is 6.92 Å². The molecule has 0 spiro atoms. The van der Waals surface area contributed by atoms with Crippen LogP contribution >= 0.6 is 0 Å². The largest absolute Gasteiger partial charge is 0.495 e. The predicted molar refractivity (Wildman–Crippen MR) is 95.7 cm³/mol. The molecule has 1 aromatic heterocycles. The average molecular weight is 378 g/mol. The maximum absolute atomic E-state index is 12.9. The Bertz CT molecular complexity index is 882. The van der Waals surface area contributed by atoms with Crippen LogP contribution in [-0.2, 0) is 10.0 Å². The number of aryl methyl sites for hydroxylation is 1. The topological polar surface area (TPSA) is 88.9 Å². The van der Waals surface area contributed by atoms with Gasteiger partial charge in [-0.05, 0) is 44.0 Å². The average Bonchev–Trinajstić information content (AvgIpc) is 3.08. The lowest BCUT2D eigenvalue weighted by molar-refractivity contribution is 0.0894. The standard InChI is InChI=1S/C18H22N2O5S/c1-13-7-8-16(25-13)18(21)19-14-9-11-20(12-10-14)26(22,23)17-6-4-3-5-15(17)24-2/h3-8,14H,9-12H2,1-2H3,(H,19,21). The lowest BCUT2D eigenvalue weighted by Crippen LogP contribution is -2.46.